The van der Waals surface area contributed by atoms with Crippen LogP contribution in [0.1, 0.15) is 58.1 Å². The molecule has 0 amide bonds. The monoisotopic (exact) mass is 426 g/mol. The van der Waals surface area contributed by atoms with Crippen LogP contribution in [-0.2, 0) is 27.1 Å². The fourth-order valence-corrected chi connectivity index (χ4v) is 4.19. The lowest BCUT2D eigenvalue weighted by molar-refractivity contribution is 0.129. The SMILES string of the molecule is CCCCOCCCNC(=NCc1ccccc1CS(=O)(=O)NC(C)C)NCC. The highest BCUT2D eigenvalue weighted by Crippen LogP contribution is 2.13. The van der Waals surface area contributed by atoms with Gasteiger partial charge in [-0.25, -0.2) is 18.1 Å². The highest BCUT2D eigenvalue weighted by Gasteiger charge is 2.15. The minimum Gasteiger partial charge on any atom is -0.381 e. The van der Waals surface area contributed by atoms with Crippen molar-refractivity contribution >= 4 is 16.0 Å². The molecular formula is C21H38N4O3S. The van der Waals surface area contributed by atoms with Crippen molar-refractivity contribution in [3.05, 3.63) is 35.4 Å². The number of sulfonamides is 1. The predicted octanol–water partition coefficient (Wildman–Crippen LogP) is 2.78. The molecule has 0 fully saturated rings. The average molecular weight is 427 g/mol. The van der Waals surface area contributed by atoms with E-state index in [1.165, 1.54) is 0 Å². The number of rotatable bonds is 14. The molecule has 0 saturated carbocycles. The summed E-state index contributed by atoms with van der Waals surface area (Å²) in [7, 11) is -3.38. The Balaban J connectivity index is 2.65. The number of nitrogens with one attached hydrogen (secondary N) is 3. The lowest BCUT2D eigenvalue weighted by Gasteiger charge is -2.14. The van der Waals surface area contributed by atoms with Gasteiger partial charge in [0, 0.05) is 32.3 Å². The minimum absolute atomic E-state index is 0.0457. The first-order chi connectivity index (χ1) is 13.9. The fourth-order valence-electron chi connectivity index (χ4n) is 2.69. The summed E-state index contributed by atoms with van der Waals surface area (Å²) in [5, 5.41) is 6.53. The fraction of sp³-hybridized carbons (Fsp3) is 0.667. The van der Waals surface area contributed by atoms with Crippen molar-refractivity contribution in [3.8, 4) is 0 Å². The minimum atomic E-state index is -3.38. The van der Waals surface area contributed by atoms with Gasteiger partial charge in [0.15, 0.2) is 5.96 Å². The lowest BCUT2D eigenvalue weighted by atomic mass is 10.1. The predicted molar refractivity (Wildman–Crippen MR) is 120 cm³/mol. The van der Waals surface area contributed by atoms with E-state index >= 15 is 0 Å². The van der Waals surface area contributed by atoms with Crippen molar-refractivity contribution in [1.29, 1.82) is 0 Å². The Morgan fingerprint density at radius 2 is 1.76 bits per heavy atom. The third kappa shape index (κ3) is 11.8. The molecule has 0 aliphatic heterocycles. The molecule has 166 valence electrons. The van der Waals surface area contributed by atoms with Gasteiger partial charge >= 0.3 is 0 Å². The van der Waals surface area contributed by atoms with Gasteiger partial charge in [0.2, 0.25) is 10.0 Å². The molecular weight excluding hydrogens is 388 g/mol. The molecule has 3 N–H and O–H groups in total. The zero-order valence-electron chi connectivity index (χ0n) is 18.3. The number of hydrogen-bond donors (Lipinski definition) is 3. The van der Waals surface area contributed by atoms with Crippen LogP contribution in [0.3, 0.4) is 0 Å². The average Bonchev–Trinajstić information content (AvgIpc) is 2.65. The normalized spacial score (nSPS) is 12.4. The van der Waals surface area contributed by atoms with Crippen LogP contribution in [0.2, 0.25) is 0 Å². The van der Waals surface area contributed by atoms with Gasteiger partial charge in [-0.1, -0.05) is 37.6 Å². The maximum atomic E-state index is 12.3. The van der Waals surface area contributed by atoms with Crippen LogP contribution >= 0.6 is 0 Å². The van der Waals surface area contributed by atoms with Crippen LogP contribution in [0, 0.1) is 0 Å². The molecule has 0 atom stereocenters. The van der Waals surface area contributed by atoms with E-state index in [9.17, 15) is 8.42 Å². The first-order valence-corrected chi connectivity index (χ1v) is 12.2. The van der Waals surface area contributed by atoms with Gasteiger partial charge < -0.3 is 15.4 Å². The lowest BCUT2D eigenvalue weighted by Crippen LogP contribution is -2.38. The number of unbranched alkanes of at least 4 members (excludes halogenated alkanes) is 1. The van der Waals surface area contributed by atoms with Gasteiger partial charge in [0.25, 0.3) is 0 Å². The standard InChI is InChI=1S/C21H38N4O3S/c1-5-7-14-28-15-10-13-23-21(22-6-2)24-16-19-11-8-9-12-20(19)17-29(26,27)25-18(3)4/h8-9,11-12,18,25H,5-7,10,13-17H2,1-4H3,(H2,22,23,24). The number of guanidine groups is 1. The van der Waals surface area contributed by atoms with Crippen molar-refractivity contribution in [2.24, 2.45) is 4.99 Å². The highest BCUT2D eigenvalue weighted by molar-refractivity contribution is 7.88. The topological polar surface area (TPSA) is 91.8 Å². The Bertz CT molecular complexity index is 706. The van der Waals surface area contributed by atoms with Crippen molar-refractivity contribution < 1.29 is 13.2 Å². The van der Waals surface area contributed by atoms with Crippen LogP contribution in [0.5, 0.6) is 0 Å². The molecule has 0 aromatic heterocycles. The van der Waals surface area contributed by atoms with Gasteiger partial charge in [-0.2, -0.15) is 0 Å². The van der Waals surface area contributed by atoms with Crippen molar-refractivity contribution in [1.82, 2.24) is 15.4 Å². The quantitative estimate of drug-likeness (QED) is 0.242. The Hall–Kier alpha value is -1.64. The van der Waals surface area contributed by atoms with E-state index in [1.54, 1.807) is 0 Å². The van der Waals surface area contributed by atoms with Crippen LogP contribution < -0.4 is 15.4 Å². The van der Waals surface area contributed by atoms with E-state index < -0.39 is 10.0 Å². The smallest absolute Gasteiger partial charge is 0.216 e. The van der Waals surface area contributed by atoms with E-state index in [0.717, 1.165) is 62.7 Å². The molecule has 1 aromatic rings. The zero-order valence-corrected chi connectivity index (χ0v) is 19.1. The van der Waals surface area contributed by atoms with Crippen LogP contribution in [0.15, 0.2) is 29.3 Å². The molecule has 8 heteroatoms. The summed E-state index contributed by atoms with van der Waals surface area (Å²) >= 11 is 0. The maximum Gasteiger partial charge on any atom is 0.216 e. The third-order valence-corrected chi connectivity index (χ3v) is 5.55. The largest absolute Gasteiger partial charge is 0.381 e. The maximum absolute atomic E-state index is 12.3. The van der Waals surface area contributed by atoms with E-state index in [1.807, 2.05) is 45.0 Å². The summed E-state index contributed by atoms with van der Waals surface area (Å²) in [6.45, 7) is 11.3. The van der Waals surface area contributed by atoms with E-state index in [4.69, 9.17) is 4.74 Å². The Labute approximate surface area is 176 Å². The second-order valence-electron chi connectivity index (χ2n) is 7.24. The van der Waals surface area contributed by atoms with E-state index in [0.29, 0.717) is 6.54 Å². The highest BCUT2D eigenvalue weighted by atomic mass is 32.2. The number of aliphatic imine (C=N–C) groups is 1. The molecule has 1 aromatic carbocycles. The molecule has 0 spiro atoms. The molecule has 1 rings (SSSR count). The van der Waals surface area contributed by atoms with Crippen molar-refractivity contribution in [3.63, 3.8) is 0 Å². The first kappa shape index (κ1) is 25.4. The van der Waals surface area contributed by atoms with Crippen LogP contribution in [0.4, 0.5) is 0 Å². The molecule has 0 saturated heterocycles. The molecule has 0 heterocycles. The molecule has 0 bridgehead atoms. The summed E-state index contributed by atoms with van der Waals surface area (Å²) < 4.78 is 32.8. The summed E-state index contributed by atoms with van der Waals surface area (Å²) in [5.41, 5.74) is 1.67. The zero-order chi connectivity index (χ0) is 21.5. The Morgan fingerprint density at radius 1 is 1.07 bits per heavy atom. The molecule has 29 heavy (non-hydrogen) atoms. The van der Waals surface area contributed by atoms with Crippen LogP contribution in [0.25, 0.3) is 0 Å². The summed E-state index contributed by atoms with van der Waals surface area (Å²) in [5.74, 6) is 0.676. The summed E-state index contributed by atoms with van der Waals surface area (Å²) in [4.78, 5) is 4.62. The van der Waals surface area contributed by atoms with Gasteiger partial charge in [0.05, 0.1) is 12.3 Å². The number of nitrogens with zero attached hydrogens (tertiary/aromatic N) is 1. The molecule has 0 unspecified atom stereocenters. The number of hydrogen-bond acceptors (Lipinski definition) is 4. The second-order valence-corrected chi connectivity index (χ2v) is 9.00. The van der Waals surface area contributed by atoms with E-state index in [-0.39, 0.29) is 11.8 Å². The molecule has 0 radical (unpaired) electrons. The Kier molecular flexibility index (Phi) is 12.6. The van der Waals surface area contributed by atoms with Crippen LogP contribution in [-0.4, -0.2) is 46.7 Å². The number of benzene rings is 1. The first-order valence-electron chi connectivity index (χ1n) is 10.5. The third-order valence-electron chi connectivity index (χ3n) is 4.03. The van der Waals surface area contributed by atoms with Gasteiger partial charge in [-0.3, -0.25) is 0 Å². The summed E-state index contributed by atoms with van der Waals surface area (Å²) in [6.07, 6.45) is 3.15. The number of ether oxygens (including phenoxy) is 1. The van der Waals surface area contributed by atoms with Gasteiger partial charge in [-0.15, -0.1) is 0 Å². The van der Waals surface area contributed by atoms with Crippen molar-refractivity contribution in [2.75, 3.05) is 26.3 Å². The van der Waals surface area contributed by atoms with Gasteiger partial charge in [-0.05, 0) is 44.7 Å². The second kappa shape index (κ2) is 14.4. The van der Waals surface area contributed by atoms with E-state index in [2.05, 4.69) is 27.3 Å². The molecule has 7 nitrogen and oxygen atoms in total. The summed E-state index contributed by atoms with van der Waals surface area (Å²) in [6, 6.07) is 7.41. The molecule has 0 aliphatic carbocycles. The Morgan fingerprint density at radius 3 is 2.41 bits per heavy atom. The molecule has 0 aliphatic rings. The van der Waals surface area contributed by atoms with Crippen molar-refractivity contribution in [2.45, 2.75) is 65.3 Å². The van der Waals surface area contributed by atoms with Gasteiger partial charge in [0.1, 0.15) is 0 Å².